The molecule has 1 aromatic carbocycles. The lowest BCUT2D eigenvalue weighted by molar-refractivity contribution is 0.0173. The van der Waals surface area contributed by atoms with Crippen LogP contribution in [-0.4, -0.2) is 29.6 Å². The van der Waals surface area contributed by atoms with E-state index in [4.69, 9.17) is 0 Å². The Bertz CT molecular complexity index is 437. The summed E-state index contributed by atoms with van der Waals surface area (Å²) in [5.74, 6) is -0.259. The molecule has 1 aliphatic heterocycles. The van der Waals surface area contributed by atoms with Gasteiger partial charge < -0.3 is 10.0 Å². The Balaban J connectivity index is 2.34. The molecule has 0 aliphatic carbocycles. The third-order valence-corrected chi connectivity index (χ3v) is 4.25. The van der Waals surface area contributed by atoms with E-state index in [1.54, 1.807) is 0 Å². The zero-order chi connectivity index (χ0) is 14.0. The second-order valence-corrected chi connectivity index (χ2v) is 5.76. The summed E-state index contributed by atoms with van der Waals surface area (Å²) in [6.45, 7) is 8.72. The number of hydrogen-bond donors (Lipinski definition) is 1. The van der Waals surface area contributed by atoms with Crippen LogP contribution >= 0.6 is 0 Å². The van der Waals surface area contributed by atoms with Crippen LogP contribution in [0.4, 0.5) is 4.39 Å². The molecule has 3 heteroatoms. The largest absolute Gasteiger partial charge is 0.385 e. The number of halogens is 1. The number of aliphatic hydroxyl groups is 1. The first-order valence-electron chi connectivity index (χ1n) is 7.18. The van der Waals surface area contributed by atoms with Crippen LogP contribution in [0.25, 0.3) is 0 Å². The fraction of sp³-hybridized carbons (Fsp3) is 0.625. The first-order chi connectivity index (χ1) is 8.96. The molecule has 1 heterocycles. The molecule has 1 fully saturated rings. The summed E-state index contributed by atoms with van der Waals surface area (Å²) in [6, 6.07) is 3.49. The van der Waals surface area contributed by atoms with Gasteiger partial charge in [0.2, 0.25) is 0 Å². The van der Waals surface area contributed by atoms with Crippen LogP contribution in [0.2, 0.25) is 0 Å². The van der Waals surface area contributed by atoms with Crippen molar-refractivity contribution in [2.45, 2.75) is 45.6 Å². The Hall–Kier alpha value is -0.930. The summed E-state index contributed by atoms with van der Waals surface area (Å²) in [4.78, 5) is 2.32. The lowest BCUT2D eigenvalue weighted by Crippen LogP contribution is -2.30. The van der Waals surface area contributed by atoms with Gasteiger partial charge in [0.1, 0.15) is 5.82 Å². The summed E-state index contributed by atoms with van der Waals surface area (Å²) in [5.41, 5.74) is 1.28. The topological polar surface area (TPSA) is 23.5 Å². The molecule has 19 heavy (non-hydrogen) atoms. The highest BCUT2D eigenvalue weighted by molar-refractivity contribution is 5.36. The van der Waals surface area contributed by atoms with E-state index in [1.807, 2.05) is 19.9 Å². The molecule has 0 saturated carbocycles. The van der Waals surface area contributed by atoms with Crippen molar-refractivity contribution in [3.05, 3.63) is 34.6 Å². The fourth-order valence-corrected chi connectivity index (χ4v) is 3.25. The molecule has 1 N–H and O–H groups in total. The number of nitrogens with zero attached hydrogens (tertiary/aromatic N) is 1. The zero-order valence-electron chi connectivity index (χ0n) is 12.2. The molecule has 2 rings (SSSR count). The molecule has 106 valence electrons. The molecular formula is C16H24FNO. The van der Waals surface area contributed by atoms with Crippen molar-refractivity contribution in [3.63, 3.8) is 0 Å². The maximum Gasteiger partial charge on any atom is 0.129 e. The van der Waals surface area contributed by atoms with Gasteiger partial charge >= 0.3 is 0 Å². The normalized spacial score (nSPS) is 25.3. The minimum absolute atomic E-state index is 0.259. The summed E-state index contributed by atoms with van der Waals surface area (Å²) >= 11 is 0. The van der Waals surface area contributed by atoms with Crippen molar-refractivity contribution < 1.29 is 9.50 Å². The average molecular weight is 265 g/mol. The lowest BCUT2D eigenvalue weighted by Gasteiger charge is -2.29. The molecule has 0 bridgehead atoms. The van der Waals surface area contributed by atoms with Crippen LogP contribution in [0.5, 0.6) is 0 Å². The first kappa shape index (κ1) is 14.5. The highest BCUT2D eigenvalue weighted by atomic mass is 19.1. The summed E-state index contributed by atoms with van der Waals surface area (Å²) in [7, 11) is 0. The van der Waals surface area contributed by atoms with Crippen LogP contribution in [0, 0.1) is 19.7 Å². The minimum Gasteiger partial charge on any atom is -0.385 e. The van der Waals surface area contributed by atoms with E-state index in [0.717, 1.165) is 37.2 Å². The minimum atomic E-state index is -1.01. The van der Waals surface area contributed by atoms with Gasteiger partial charge in [0.05, 0.1) is 5.60 Å². The van der Waals surface area contributed by atoms with E-state index >= 15 is 0 Å². The predicted molar refractivity (Wildman–Crippen MR) is 75.7 cm³/mol. The quantitative estimate of drug-likeness (QED) is 0.888. The van der Waals surface area contributed by atoms with Crippen LogP contribution in [0.3, 0.4) is 0 Å². The lowest BCUT2D eigenvalue weighted by atomic mass is 9.83. The average Bonchev–Trinajstić information content (AvgIpc) is 2.50. The summed E-state index contributed by atoms with van der Waals surface area (Å²) < 4.78 is 14.3. The van der Waals surface area contributed by atoms with Crippen LogP contribution < -0.4 is 0 Å². The molecule has 1 atom stereocenters. The molecule has 0 spiro atoms. The molecule has 1 unspecified atom stereocenters. The maximum absolute atomic E-state index is 14.3. The molecule has 0 radical (unpaired) electrons. The van der Waals surface area contributed by atoms with E-state index in [2.05, 4.69) is 11.8 Å². The van der Waals surface area contributed by atoms with E-state index < -0.39 is 5.60 Å². The number of hydrogen-bond acceptors (Lipinski definition) is 2. The molecule has 0 aromatic heterocycles. The van der Waals surface area contributed by atoms with Gasteiger partial charge in [-0.1, -0.05) is 13.0 Å². The number of likely N-dealkylation sites (tertiary alicyclic amines) is 1. The Kier molecular flexibility index (Phi) is 4.26. The molecule has 2 nitrogen and oxygen atoms in total. The van der Waals surface area contributed by atoms with Gasteiger partial charge in [-0.05, 0) is 63.4 Å². The molecular weight excluding hydrogens is 241 g/mol. The molecule has 1 aliphatic rings. The summed E-state index contributed by atoms with van der Waals surface area (Å²) in [6.07, 6.45) is 2.17. The second kappa shape index (κ2) is 5.59. The Morgan fingerprint density at radius 1 is 1.26 bits per heavy atom. The standard InChI is InChI=1S/C16H24FNO/c1-4-18-8-5-6-16(19,7-9-18)15-13(3)10-12(2)11-14(15)17/h10-11,19H,4-9H2,1-3H3. The third kappa shape index (κ3) is 2.98. The smallest absolute Gasteiger partial charge is 0.129 e. The zero-order valence-corrected chi connectivity index (χ0v) is 12.2. The Morgan fingerprint density at radius 2 is 2.00 bits per heavy atom. The highest BCUT2D eigenvalue weighted by Gasteiger charge is 2.35. The Morgan fingerprint density at radius 3 is 2.63 bits per heavy atom. The molecule has 1 aromatic rings. The van der Waals surface area contributed by atoms with Gasteiger partial charge in [0.15, 0.2) is 0 Å². The van der Waals surface area contributed by atoms with Crippen molar-refractivity contribution in [1.82, 2.24) is 4.90 Å². The third-order valence-electron chi connectivity index (χ3n) is 4.25. The van der Waals surface area contributed by atoms with Crippen molar-refractivity contribution in [2.75, 3.05) is 19.6 Å². The van der Waals surface area contributed by atoms with E-state index in [0.29, 0.717) is 18.4 Å². The van der Waals surface area contributed by atoms with E-state index in [-0.39, 0.29) is 5.82 Å². The Labute approximate surface area is 115 Å². The van der Waals surface area contributed by atoms with Gasteiger partial charge in [0.25, 0.3) is 0 Å². The van der Waals surface area contributed by atoms with Crippen molar-refractivity contribution >= 4 is 0 Å². The van der Waals surface area contributed by atoms with Crippen LogP contribution in [0.1, 0.15) is 42.9 Å². The van der Waals surface area contributed by atoms with Gasteiger partial charge in [-0.15, -0.1) is 0 Å². The SMILES string of the molecule is CCN1CCCC(O)(c2c(C)cc(C)cc2F)CC1. The van der Waals surface area contributed by atoms with Gasteiger partial charge in [0, 0.05) is 12.1 Å². The first-order valence-corrected chi connectivity index (χ1v) is 7.18. The second-order valence-electron chi connectivity index (χ2n) is 5.76. The predicted octanol–water partition coefficient (Wildman–Crippen LogP) is 3.14. The number of rotatable bonds is 2. The highest BCUT2D eigenvalue weighted by Crippen LogP contribution is 2.36. The van der Waals surface area contributed by atoms with Gasteiger partial charge in [-0.3, -0.25) is 0 Å². The van der Waals surface area contributed by atoms with Gasteiger partial charge in [-0.2, -0.15) is 0 Å². The fourth-order valence-electron chi connectivity index (χ4n) is 3.25. The number of benzene rings is 1. The monoisotopic (exact) mass is 265 g/mol. The molecule has 1 saturated heterocycles. The van der Waals surface area contributed by atoms with E-state index in [1.165, 1.54) is 6.07 Å². The number of aryl methyl sites for hydroxylation is 2. The molecule has 0 amide bonds. The van der Waals surface area contributed by atoms with Crippen molar-refractivity contribution in [1.29, 1.82) is 0 Å². The van der Waals surface area contributed by atoms with Gasteiger partial charge in [-0.25, -0.2) is 4.39 Å². The van der Waals surface area contributed by atoms with Crippen molar-refractivity contribution in [2.24, 2.45) is 0 Å². The van der Waals surface area contributed by atoms with Crippen LogP contribution in [0.15, 0.2) is 12.1 Å². The summed E-state index contributed by atoms with van der Waals surface area (Å²) in [5, 5.41) is 10.9. The van der Waals surface area contributed by atoms with Crippen LogP contribution in [-0.2, 0) is 5.60 Å². The maximum atomic E-state index is 14.3. The van der Waals surface area contributed by atoms with E-state index in [9.17, 15) is 9.50 Å². The van der Waals surface area contributed by atoms with Crippen molar-refractivity contribution in [3.8, 4) is 0 Å².